The van der Waals surface area contributed by atoms with Gasteiger partial charge in [-0.3, -0.25) is 14.4 Å². The summed E-state index contributed by atoms with van der Waals surface area (Å²) >= 11 is 0. The Morgan fingerprint density at radius 1 is 1.10 bits per heavy atom. The van der Waals surface area contributed by atoms with Crippen molar-refractivity contribution in [3.8, 4) is 0 Å². The zero-order valence-corrected chi connectivity index (χ0v) is 11.0. The van der Waals surface area contributed by atoms with E-state index >= 15 is 0 Å². The van der Waals surface area contributed by atoms with Crippen LogP contribution in [0.5, 0.6) is 0 Å². The van der Waals surface area contributed by atoms with Crippen LogP contribution in [0.1, 0.15) is 16.8 Å². The van der Waals surface area contributed by atoms with E-state index in [2.05, 4.69) is 0 Å². The molecule has 2 atom stereocenters. The lowest BCUT2D eigenvalue weighted by Crippen LogP contribution is -2.48. The Kier molecular flexibility index (Phi) is 4.21. The van der Waals surface area contributed by atoms with E-state index < -0.39 is 35.5 Å². The zero-order valence-electron chi connectivity index (χ0n) is 11.0. The molecule has 7 heteroatoms. The minimum Gasteiger partial charge on any atom is -0.481 e. The number of carbonyl (C=O) groups excluding carboxylic acids is 1. The highest BCUT2D eigenvalue weighted by molar-refractivity contribution is 5.95. The van der Waals surface area contributed by atoms with Crippen LogP contribution in [0.15, 0.2) is 24.3 Å². The molecule has 0 saturated carbocycles. The molecular weight excluding hydrogens is 281 g/mol. The molecule has 6 nitrogen and oxygen atoms in total. The number of carboxylic acid groups (broad SMARTS) is 2. The van der Waals surface area contributed by atoms with E-state index in [1.165, 1.54) is 23.1 Å². The van der Waals surface area contributed by atoms with Crippen LogP contribution in [0, 0.1) is 17.7 Å². The first-order chi connectivity index (χ1) is 9.91. The molecule has 0 aromatic heterocycles. The number of benzene rings is 1. The fraction of sp³-hybridized carbons (Fsp3) is 0.357. The summed E-state index contributed by atoms with van der Waals surface area (Å²) in [5, 5.41) is 18.1. The Hall–Kier alpha value is -2.44. The van der Waals surface area contributed by atoms with Crippen molar-refractivity contribution in [1.82, 2.24) is 4.90 Å². The minimum absolute atomic E-state index is 0.0342. The normalized spacial score (nSPS) is 21.9. The molecule has 1 saturated heterocycles. The summed E-state index contributed by atoms with van der Waals surface area (Å²) in [7, 11) is 0. The SMILES string of the molecule is O=C(O)C1CCN(C(=O)c2ccccc2F)CC1C(=O)O. The standard InChI is InChI=1S/C14H14FNO5/c15-11-4-2-1-3-9(11)12(17)16-6-5-8(13(18)19)10(7-16)14(20)21/h1-4,8,10H,5-7H2,(H,18,19)(H,20,21). The van der Waals surface area contributed by atoms with Crippen LogP contribution in [-0.2, 0) is 9.59 Å². The summed E-state index contributed by atoms with van der Waals surface area (Å²) in [4.78, 5) is 35.6. The van der Waals surface area contributed by atoms with Crippen molar-refractivity contribution >= 4 is 17.8 Å². The molecule has 0 bridgehead atoms. The second-order valence-electron chi connectivity index (χ2n) is 4.91. The van der Waals surface area contributed by atoms with Gasteiger partial charge >= 0.3 is 11.9 Å². The van der Waals surface area contributed by atoms with Gasteiger partial charge in [0.25, 0.3) is 5.91 Å². The van der Waals surface area contributed by atoms with E-state index in [-0.39, 0.29) is 25.1 Å². The number of amides is 1. The average Bonchev–Trinajstić information content (AvgIpc) is 2.46. The number of piperidine rings is 1. The van der Waals surface area contributed by atoms with Gasteiger partial charge in [-0.15, -0.1) is 0 Å². The smallest absolute Gasteiger partial charge is 0.309 e. The quantitative estimate of drug-likeness (QED) is 0.870. The van der Waals surface area contributed by atoms with Gasteiger partial charge < -0.3 is 15.1 Å². The van der Waals surface area contributed by atoms with Crippen LogP contribution in [0.4, 0.5) is 4.39 Å². The van der Waals surface area contributed by atoms with Crippen molar-refractivity contribution < 1.29 is 29.0 Å². The molecule has 0 aliphatic carbocycles. The van der Waals surface area contributed by atoms with E-state index in [1.807, 2.05) is 0 Å². The summed E-state index contributed by atoms with van der Waals surface area (Å²) in [5.41, 5.74) is -0.143. The van der Waals surface area contributed by atoms with Crippen molar-refractivity contribution in [1.29, 1.82) is 0 Å². The minimum atomic E-state index is -1.27. The molecule has 0 radical (unpaired) electrons. The molecule has 0 spiro atoms. The highest BCUT2D eigenvalue weighted by Crippen LogP contribution is 2.26. The first kappa shape index (κ1) is 15.0. The van der Waals surface area contributed by atoms with Gasteiger partial charge in [0.2, 0.25) is 0 Å². The molecule has 1 heterocycles. The molecule has 1 aromatic carbocycles. The predicted octanol–water partition coefficient (Wildman–Crippen LogP) is 1.07. The van der Waals surface area contributed by atoms with Crippen LogP contribution in [-0.4, -0.2) is 46.0 Å². The van der Waals surface area contributed by atoms with Crippen molar-refractivity contribution in [3.05, 3.63) is 35.6 Å². The lowest BCUT2D eigenvalue weighted by atomic mass is 9.85. The van der Waals surface area contributed by atoms with Crippen LogP contribution in [0.2, 0.25) is 0 Å². The van der Waals surface area contributed by atoms with Gasteiger partial charge in [0.05, 0.1) is 17.4 Å². The molecule has 1 amide bonds. The van der Waals surface area contributed by atoms with Crippen LogP contribution in [0.3, 0.4) is 0 Å². The summed E-state index contributed by atoms with van der Waals surface area (Å²) in [6.45, 7) is -0.145. The monoisotopic (exact) mass is 295 g/mol. The Morgan fingerprint density at radius 3 is 2.29 bits per heavy atom. The average molecular weight is 295 g/mol. The number of nitrogens with zero attached hydrogens (tertiary/aromatic N) is 1. The van der Waals surface area contributed by atoms with Crippen LogP contribution < -0.4 is 0 Å². The summed E-state index contributed by atoms with van der Waals surface area (Å²) in [6.07, 6.45) is 0.0342. The highest BCUT2D eigenvalue weighted by Gasteiger charge is 2.40. The zero-order chi connectivity index (χ0) is 15.6. The maximum Gasteiger partial charge on any atom is 0.309 e. The summed E-state index contributed by atoms with van der Waals surface area (Å²) in [6, 6.07) is 5.42. The largest absolute Gasteiger partial charge is 0.481 e. The first-order valence-electron chi connectivity index (χ1n) is 6.41. The van der Waals surface area contributed by atoms with E-state index in [0.717, 1.165) is 6.07 Å². The molecule has 112 valence electrons. The van der Waals surface area contributed by atoms with Gasteiger partial charge in [0.1, 0.15) is 5.82 Å². The number of carboxylic acids is 2. The molecule has 2 unspecified atom stereocenters. The van der Waals surface area contributed by atoms with Crippen molar-refractivity contribution in [2.45, 2.75) is 6.42 Å². The number of carbonyl (C=O) groups is 3. The molecular formula is C14H14FNO5. The number of likely N-dealkylation sites (tertiary alicyclic amines) is 1. The maximum atomic E-state index is 13.6. The molecule has 1 fully saturated rings. The lowest BCUT2D eigenvalue weighted by Gasteiger charge is -2.34. The Balaban J connectivity index is 2.20. The topological polar surface area (TPSA) is 94.9 Å². The molecule has 1 aromatic rings. The number of hydrogen-bond donors (Lipinski definition) is 2. The predicted molar refractivity (Wildman–Crippen MR) is 69.2 cm³/mol. The number of rotatable bonds is 3. The molecule has 2 N–H and O–H groups in total. The Morgan fingerprint density at radius 2 is 1.71 bits per heavy atom. The van der Waals surface area contributed by atoms with Gasteiger partial charge in [0, 0.05) is 13.1 Å². The summed E-state index contributed by atoms with van der Waals surface area (Å²) < 4.78 is 13.6. The van der Waals surface area contributed by atoms with Crippen molar-refractivity contribution in [3.63, 3.8) is 0 Å². The van der Waals surface area contributed by atoms with Crippen molar-refractivity contribution in [2.75, 3.05) is 13.1 Å². The second-order valence-corrected chi connectivity index (χ2v) is 4.91. The fourth-order valence-corrected chi connectivity index (χ4v) is 2.49. The van der Waals surface area contributed by atoms with Gasteiger partial charge in [-0.2, -0.15) is 0 Å². The lowest BCUT2D eigenvalue weighted by molar-refractivity contribution is -0.156. The third-order valence-corrected chi connectivity index (χ3v) is 3.64. The molecule has 1 aliphatic rings. The second kappa shape index (κ2) is 5.90. The number of aliphatic carboxylic acids is 2. The number of halogens is 1. The van der Waals surface area contributed by atoms with Crippen LogP contribution in [0.25, 0.3) is 0 Å². The van der Waals surface area contributed by atoms with E-state index in [1.54, 1.807) is 0 Å². The molecule has 2 rings (SSSR count). The highest BCUT2D eigenvalue weighted by atomic mass is 19.1. The first-order valence-corrected chi connectivity index (χ1v) is 6.41. The van der Waals surface area contributed by atoms with Gasteiger partial charge in [-0.1, -0.05) is 12.1 Å². The Labute approximate surface area is 119 Å². The van der Waals surface area contributed by atoms with Gasteiger partial charge in [-0.05, 0) is 18.6 Å². The van der Waals surface area contributed by atoms with Gasteiger partial charge in [0.15, 0.2) is 0 Å². The van der Waals surface area contributed by atoms with Crippen LogP contribution >= 0.6 is 0 Å². The molecule has 1 aliphatic heterocycles. The van der Waals surface area contributed by atoms with Gasteiger partial charge in [-0.25, -0.2) is 4.39 Å². The molecule has 21 heavy (non-hydrogen) atoms. The van der Waals surface area contributed by atoms with E-state index in [0.29, 0.717) is 0 Å². The third kappa shape index (κ3) is 3.01. The third-order valence-electron chi connectivity index (χ3n) is 3.64. The maximum absolute atomic E-state index is 13.6. The van der Waals surface area contributed by atoms with E-state index in [4.69, 9.17) is 10.2 Å². The summed E-state index contributed by atoms with van der Waals surface area (Å²) in [5.74, 6) is -5.99. The fourth-order valence-electron chi connectivity index (χ4n) is 2.49. The van der Waals surface area contributed by atoms with Crippen molar-refractivity contribution in [2.24, 2.45) is 11.8 Å². The number of hydrogen-bond acceptors (Lipinski definition) is 3. The Bertz CT molecular complexity index is 588. The van der Waals surface area contributed by atoms with E-state index in [9.17, 15) is 18.8 Å².